The monoisotopic (exact) mass is 664 g/mol. The van der Waals surface area contributed by atoms with Crippen molar-refractivity contribution in [3.8, 4) is 0 Å². The molecule has 1 N–H and O–H groups in total. The highest BCUT2D eigenvalue weighted by Gasteiger charge is 2.43. The molecular weight excluding hydrogens is 625 g/mol. The Hall–Kier alpha value is -4.89. The van der Waals surface area contributed by atoms with Gasteiger partial charge in [-0.25, -0.2) is 13.2 Å². The van der Waals surface area contributed by atoms with E-state index in [0.29, 0.717) is 50.2 Å². The van der Waals surface area contributed by atoms with E-state index >= 15 is 4.39 Å². The van der Waals surface area contributed by atoms with Gasteiger partial charge in [-0.3, -0.25) is 14.5 Å². The summed E-state index contributed by atoms with van der Waals surface area (Å²) in [4.78, 5) is 34.1. The van der Waals surface area contributed by atoms with Gasteiger partial charge in [0.25, 0.3) is 0 Å². The average molecular weight is 665 g/mol. The van der Waals surface area contributed by atoms with Gasteiger partial charge in [-0.2, -0.15) is 0 Å². The Labute approximate surface area is 284 Å². The molecule has 1 atom stereocenters. The van der Waals surface area contributed by atoms with Crippen molar-refractivity contribution in [2.75, 3.05) is 42.9 Å². The predicted molar refractivity (Wildman–Crippen MR) is 184 cm³/mol. The minimum Gasteiger partial charge on any atom is -0.357 e. The topological polar surface area (TPSA) is 55.9 Å². The molecule has 4 aromatic carbocycles. The van der Waals surface area contributed by atoms with Crippen LogP contribution >= 0.6 is 0 Å². The van der Waals surface area contributed by atoms with Crippen LogP contribution in [0.2, 0.25) is 0 Å². The molecular formula is C40H39F3N4O2. The molecule has 2 heterocycles. The van der Waals surface area contributed by atoms with E-state index in [-0.39, 0.29) is 41.3 Å². The van der Waals surface area contributed by atoms with Crippen molar-refractivity contribution in [1.29, 1.82) is 0 Å². The van der Waals surface area contributed by atoms with Crippen LogP contribution in [0.25, 0.3) is 0 Å². The SMILES string of the molecule is CC1(C)CC(=O)C2=C(C1)Nc1ccccc1N(CC(=O)N1CCN(C(c3ccc(F)cc3)c3ccc(F)cc3)CC1)C2c1ccccc1F. The van der Waals surface area contributed by atoms with Crippen LogP contribution in [-0.4, -0.2) is 54.2 Å². The molecule has 3 aliphatic rings. The fourth-order valence-corrected chi connectivity index (χ4v) is 7.63. The summed E-state index contributed by atoms with van der Waals surface area (Å²) in [6.07, 6.45) is 0.933. The molecule has 0 spiro atoms. The van der Waals surface area contributed by atoms with Crippen LogP contribution in [0.4, 0.5) is 24.5 Å². The molecule has 0 bridgehead atoms. The number of hydrogen-bond acceptors (Lipinski definition) is 5. The minimum absolute atomic E-state index is 0.0569. The number of hydrogen-bond donors (Lipinski definition) is 1. The number of Topliss-reactive ketones (excluding diaryl/α,β-unsaturated/α-hetero) is 1. The number of halogens is 3. The Morgan fingerprint density at radius 1 is 0.796 bits per heavy atom. The van der Waals surface area contributed by atoms with Gasteiger partial charge in [0.2, 0.25) is 5.91 Å². The molecule has 1 amide bonds. The third-order valence-corrected chi connectivity index (χ3v) is 9.91. The number of allylic oxidation sites excluding steroid dienone is 1. The van der Waals surface area contributed by atoms with E-state index in [1.807, 2.05) is 34.1 Å². The van der Waals surface area contributed by atoms with Crippen molar-refractivity contribution < 1.29 is 22.8 Å². The summed E-state index contributed by atoms with van der Waals surface area (Å²) < 4.78 is 43.4. The number of piperazine rings is 1. The highest BCUT2D eigenvalue weighted by molar-refractivity contribution is 6.02. The van der Waals surface area contributed by atoms with Crippen LogP contribution in [0.3, 0.4) is 0 Å². The first-order valence-electron chi connectivity index (χ1n) is 16.7. The Kier molecular flexibility index (Phi) is 8.79. The van der Waals surface area contributed by atoms with E-state index in [9.17, 15) is 18.4 Å². The third kappa shape index (κ3) is 6.59. The summed E-state index contributed by atoms with van der Waals surface area (Å²) in [6, 6.07) is 25.7. The Bertz CT molecular complexity index is 1850. The lowest BCUT2D eigenvalue weighted by Crippen LogP contribution is -2.52. The van der Waals surface area contributed by atoms with Crippen LogP contribution in [0.5, 0.6) is 0 Å². The van der Waals surface area contributed by atoms with E-state index in [2.05, 4.69) is 24.1 Å². The zero-order valence-electron chi connectivity index (χ0n) is 27.6. The van der Waals surface area contributed by atoms with Gasteiger partial charge in [0.1, 0.15) is 17.5 Å². The molecule has 1 aliphatic carbocycles. The van der Waals surface area contributed by atoms with Gasteiger partial charge in [0.05, 0.1) is 30.0 Å². The van der Waals surface area contributed by atoms with Gasteiger partial charge in [-0.05, 0) is 65.4 Å². The normalized spacial score (nSPS) is 19.3. The van der Waals surface area contributed by atoms with Crippen LogP contribution in [0.1, 0.15) is 55.5 Å². The number of ketones is 1. The molecule has 7 rings (SSSR count). The molecule has 6 nitrogen and oxygen atoms in total. The molecule has 49 heavy (non-hydrogen) atoms. The second kappa shape index (κ2) is 13.2. The maximum atomic E-state index is 15.7. The van der Waals surface area contributed by atoms with Crippen molar-refractivity contribution >= 4 is 23.1 Å². The number of carbonyl (C=O) groups excluding carboxylic acids is 2. The zero-order valence-corrected chi connectivity index (χ0v) is 27.6. The average Bonchev–Trinajstić information content (AvgIpc) is 3.21. The lowest BCUT2D eigenvalue weighted by atomic mass is 9.73. The number of carbonyl (C=O) groups is 2. The van der Waals surface area contributed by atoms with Gasteiger partial charge in [-0.15, -0.1) is 0 Å². The summed E-state index contributed by atoms with van der Waals surface area (Å²) in [7, 11) is 0. The first kappa shape index (κ1) is 32.6. The Morgan fingerprint density at radius 3 is 2.02 bits per heavy atom. The number of para-hydroxylation sites is 2. The number of fused-ring (bicyclic) bond motifs is 1. The predicted octanol–water partition coefficient (Wildman–Crippen LogP) is 7.65. The standard InChI is InChI=1S/C40H39F3N4O2/c1-40(2)23-33-37(35(48)24-40)39(30-7-3-4-8-31(30)43)47(34-10-6-5-9-32(34)44-33)25-36(49)45-19-21-46(22-20-45)38(26-11-15-28(41)16-12-26)27-13-17-29(42)18-14-27/h3-18,38-39,44H,19-25H2,1-2H3. The first-order chi connectivity index (χ1) is 23.6. The van der Waals surface area contributed by atoms with Crippen LogP contribution < -0.4 is 10.2 Å². The van der Waals surface area contributed by atoms with Gasteiger partial charge in [0, 0.05) is 49.4 Å². The largest absolute Gasteiger partial charge is 0.357 e. The Morgan fingerprint density at radius 2 is 1.39 bits per heavy atom. The Balaban J connectivity index is 1.19. The molecule has 9 heteroatoms. The van der Waals surface area contributed by atoms with Crippen LogP contribution in [0.15, 0.2) is 108 Å². The number of benzene rings is 4. The smallest absolute Gasteiger partial charge is 0.242 e. The summed E-state index contributed by atoms with van der Waals surface area (Å²) in [5.74, 6) is -1.30. The first-order valence-corrected chi connectivity index (χ1v) is 16.7. The van der Waals surface area contributed by atoms with Crippen LogP contribution in [-0.2, 0) is 9.59 Å². The van der Waals surface area contributed by atoms with Gasteiger partial charge in [0.15, 0.2) is 5.78 Å². The number of nitrogens with zero attached hydrogens (tertiary/aromatic N) is 3. The van der Waals surface area contributed by atoms with E-state index < -0.39 is 11.9 Å². The maximum Gasteiger partial charge on any atom is 0.242 e. The van der Waals surface area contributed by atoms with Crippen LogP contribution in [0, 0.1) is 22.9 Å². The number of anilines is 2. The molecule has 0 radical (unpaired) electrons. The summed E-state index contributed by atoms with van der Waals surface area (Å²) in [5.41, 5.74) is 4.56. The fraction of sp³-hybridized carbons (Fsp3) is 0.300. The van der Waals surface area contributed by atoms with Crippen molar-refractivity contribution in [3.63, 3.8) is 0 Å². The molecule has 0 saturated carbocycles. The molecule has 1 fully saturated rings. The summed E-state index contributed by atoms with van der Waals surface area (Å²) >= 11 is 0. The zero-order chi connectivity index (χ0) is 34.3. The van der Waals surface area contributed by atoms with Gasteiger partial charge in [-0.1, -0.05) is 68.4 Å². The number of nitrogens with one attached hydrogen (secondary N) is 1. The molecule has 252 valence electrons. The highest BCUT2D eigenvalue weighted by atomic mass is 19.1. The molecule has 4 aromatic rings. The van der Waals surface area contributed by atoms with Crippen molar-refractivity contribution in [1.82, 2.24) is 9.80 Å². The quantitative estimate of drug-likeness (QED) is 0.230. The third-order valence-electron chi connectivity index (χ3n) is 9.91. The minimum atomic E-state index is -0.803. The number of rotatable bonds is 6. The lowest BCUT2D eigenvalue weighted by Gasteiger charge is -2.41. The highest BCUT2D eigenvalue weighted by Crippen LogP contribution is 2.48. The maximum absolute atomic E-state index is 15.7. The molecule has 2 aliphatic heterocycles. The summed E-state index contributed by atoms with van der Waals surface area (Å²) in [6.45, 7) is 5.97. The van der Waals surface area contributed by atoms with Gasteiger partial charge < -0.3 is 15.1 Å². The van der Waals surface area contributed by atoms with Crippen molar-refractivity contribution in [2.45, 2.75) is 38.8 Å². The molecule has 0 aromatic heterocycles. The lowest BCUT2D eigenvalue weighted by molar-refractivity contribution is -0.131. The van der Waals surface area contributed by atoms with E-state index in [4.69, 9.17) is 0 Å². The second-order valence-electron chi connectivity index (χ2n) is 13.9. The molecule has 1 unspecified atom stereocenters. The van der Waals surface area contributed by atoms with E-state index in [1.54, 1.807) is 42.5 Å². The summed E-state index contributed by atoms with van der Waals surface area (Å²) in [5, 5.41) is 3.52. The fourth-order valence-electron chi connectivity index (χ4n) is 7.63. The van der Waals surface area contributed by atoms with E-state index in [1.165, 1.54) is 30.3 Å². The number of amides is 1. The second-order valence-corrected chi connectivity index (χ2v) is 13.9. The van der Waals surface area contributed by atoms with Crippen molar-refractivity contribution in [3.05, 3.63) is 142 Å². The van der Waals surface area contributed by atoms with E-state index in [0.717, 1.165) is 28.2 Å². The molecule has 1 saturated heterocycles. The van der Waals surface area contributed by atoms with Crippen molar-refractivity contribution in [2.24, 2.45) is 5.41 Å². The van der Waals surface area contributed by atoms with Gasteiger partial charge >= 0.3 is 0 Å².